The monoisotopic (exact) mass is 542 g/mol. The van der Waals surface area contributed by atoms with Crippen molar-refractivity contribution < 1.29 is 28.8 Å². The minimum atomic E-state index is -0.884. The Bertz CT molecular complexity index is 1040. The highest BCUT2D eigenvalue weighted by atomic mass is 16.2. The van der Waals surface area contributed by atoms with E-state index in [0.717, 1.165) is 23.3 Å². The Labute approximate surface area is 228 Å². The number of nitrogens with one attached hydrogen (secondary N) is 4. The molecule has 1 aliphatic heterocycles. The van der Waals surface area contributed by atoms with Crippen LogP contribution in [0.1, 0.15) is 57.4 Å². The summed E-state index contributed by atoms with van der Waals surface area (Å²) in [6.07, 6.45) is 6.99. The van der Waals surface area contributed by atoms with Crippen molar-refractivity contribution in [2.45, 2.75) is 64.3 Å². The Morgan fingerprint density at radius 3 is 2.23 bits per heavy atom. The van der Waals surface area contributed by atoms with Crippen molar-refractivity contribution in [1.29, 1.82) is 0 Å². The molecule has 12 heteroatoms. The third kappa shape index (κ3) is 11.8. The third-order valence-electron chi connectivity index (χ3n) is 6.01. The number of carbonyl (C=O) groups excluding carboxylic acids is 6. The summed E-state index contributed by atoms with van der Waals surface area (Å²) in [7, 11) is 0. The number of urea groups is 1. The number of imide groups is 1. The van der Waals surface area contributed by atoms with Crippen LogP contribution in [0.15, 0.2) is 36.4 Å². The molecule has 0 saturated heterocycles. The maximum Gasteiger partial charge on any atom is 0.312 e. The number of aryl methyl sites for hydroxylation is 1. The van der Waals surface area contributed by atoms with Crippen LogP contribution in [-0.4, -0.2) is 66.1 Å². The topological polar surface area (TPSA) is 180 Å². The van der Waals surface area contributed by atoms with Crippen molar-refractivity contribution in [2.75, 3.05) is 25.0 Å². The second kappa shape index (κ2) is 16.6. The van der Waals surface area contributed by atoms with Crippen LogP contribution in [0, 0.1) is 0 Å². The average molecular weight is 543 g/mol. The SMILES string of the molecule is CCCc1ccc(NC(=O)C(CCCNC(N)=O)NC(=O)CNC(=O)CCCCCN2C(=O)C=CC2=O)cc1. The molecule has 0 saturated carbocycles. The number of nitrogens with two attached hydrogens (primary N) is 1. The first kappa shape index (κ1) is 31.0. The second-order valence-corrected chi connectivity index (χ2v) is 9.24. The molecule has 2 rings (SSSR count). The van der Waals surface area contributed by atoms with Gasteiger partial charge in [-0.1, -0.05) is 31.9 Å². The summed E-state index contributed by atoms with van der Waals surface area (Å²) in [6.45, 7) is 2.33. The van der Waals surface area contributed by atoms with E-state index >= 15 is 0 Å². The number of primary amides is 1. The van der Waals surface area contributed by atoms with Crippen LogP contribution in [-0.2, 0) is 30.4 Å². The van der Waals surface area contributed by atoms with Gasteiger partial charge in [-0.2, -0.15) is 0 Å². The summed E-state index contributed by atoms with van der Waals surface area (Å²) in [6, 6.07) is 5.90. The molecule has 12 nitrogen and oxygen atoms in total. The van der Waals surface area contributed by atoms with Gasteiger partial charge in [0.25, 0.3) is 11.8 Å². The van der Waals surface area contributed by atoms with E-state index in [1.807, 2.05) is 12.1 Å². The van der Waals surface area contributed by atoms with Gasteiger partial charge < -0.3 is 27.0 Å². The van der Waals surface area contributed by atoms with Gasteiger partial charge in [-0.05, 0) is 49.8 Å². The zero-order chi connectivity index (χ0) is 28.6. The first-order valence-corrected chi connectivity index (χ1v) is 13.2. The number of anilines is 1. The van der Waals surface area contributed by atoms with Crippen molar-refractivity contribution in [3.8, 4) is 0 Å². The lowest BCUT2D eigenvalue weighted by Crippen LogP contribution is -2.47. The van der Waals surface area contributed by atoms with E-state index in [1.165, 1.54) is 12.2 Å². The molecular weight excluding hydrogens is 504 g/mol. The normalized spacial score (nSPS) is 13.2. The first-order valence-electron chi connectivity index (χ1n) is 13.2. The fourth-order valence-corrected chi connectivity index (χ4v) is 3.96. The van der Waals surface area contributed by atoms with E-state index in [2.05, 4.69) is 28.2 Å². The fraction of sp³-hybridized carbons (Fsp3) is 0.481. The van der Waals surface area contributed by atoms with Crippen LogP contribution in [0.5, 0.6) is 0 Å². The van der Waals surface area contributed by atoms with Crippen LogP contribution in [0.25, 0.3) is 0 Å². The molecule has 7 amide bonds. The molecular formula is C27H38N6O6. The smallest absolute Gasteiger partial charge is 0.312 e. The van der Waals surface area contributed by atoms with Crippen molar-refractivity contribution in [3.05, 3.63) is 42.0 Å². The van der Waals surface area contributed by atoms with Crippen molar-refractivity contribution in [2.24, 2.45) is 5.73 Å². The molecule has 1 aromatic carbocycles. The largest absolute Gasteiger partial charge is 0.352 e. The summed E-state index contributed by atoms with van der Waals surface area (Å²) in [5.41, 5.74) is 6.82. The van der Waals surface area contributed by atoms with Gasteiger partial charge >= 0.3 is 6.03 Å². The lowest BCUT2D eigenvalue weighted by Gasteiger charge is -2.19. The van der Waals surface area contributed by atoms with Crippen LogP contribution < -0.4 is 27.0 Å². The predicted octanol–water partition coefficient (Wildman–Crippen LogP) is 1.11. The first-order chi connectivity index (χ1) is 18.7. The second-order valence-electron chi connectivity index (χ2n) is 9.24. The molecule has 0 fully saturated rings. The van der Waals surface area contributed by atoms with Crippen molar-refractivity contribution in [3.63, 3.8) is 0 Å². The van der Waals surface area contributed by atoms with Gasteiger partial charge in [0.15, 0.2) is 0 Å². The van der Waals surface area contributed by atoms with E-state index in [9.17, 15) is 28.8 Å². The Morgan fingerprint density at radius 1 is 0.897 bits per heavy atom. The summed E-state index contributed by atoms with van der Waals surface area (Å²) in [4.78, 5) is 72.6. The van der Waals surface area contributed by atoms with Gasteiger partial charge in [0.05, 0.1) is 6.54 Å². The molecule has 0 bridgehead atoms. The Hall–Kier alpha value is -4.22. The van der Waals surface area contributed by atoms with Crippen LogP contribution in [0.3, 0.4) is 0 Å². The van der Waals surface area contributed by atoms with E-state index in [1.54, 1.807) is 12.1 Å². The van der Waals surface area contributed by atoms with E-state index < -0.39 is 23.9 Å². The minimum absolute atomic E-state index is 0.185. The molecule has 212 valence electrons. The summed E-state index contributed by atoms with van der Waals surface area (Å²) < 4.78 is 0. The fourth-order valence-electron chi connectivity index (χ4n) is 3.96. The van der Waals surface area contributed by atoms with Gasteiger partial charge in [-0.25, -0.2) is 4.79 Å². The van der Waals surface area contributed by atoms with Crippen molar-refractivity contribution >= 4 is 41.3 Å². The third-order valence-corrected chi connectivity index (χ3v) is 6.01. The van der Waals surface area contributed by atoms with Gasteiger partial charge in [0, 0.05) is 37.3 Å². The maximum atomic E-state index is 12.9. The quantitative estimate of drug-likeness (QED) is 0.145. The molecule has 1 heterocycles. The molecule has 1 unspecified atom stereocenters. The standard InChI is InChI=1S/C27H38N6O6/c1-2-7-19-10-12-20(13-11-19)31-26(38)21(8-6-16-29-27(28)39)32-23(35)18-30-22(34)9-4-3-5-17-33-24(36)14-15-25(33)37/h10-15,21H,2-9,16-18H2,1H3,(H,30,34)(H,31,38)(H,32,35)(H3,28,29,39). The molecule has 1 aliphatic rings. The van der Waals surface area contributed by atoms with E-state index in [4.69, 9.17) is 5.73 Å². The highest BCUT2D eigenvalue weighted by Gasteiger charge is 2.23. The zero-order valence-corrected chi connectivity index (χ0v) is 22.3. The minimum Gasteiger partial charge on any atom is -0.352 e. The van der Waals surface area contributed by atoms with E-state index in [-0.39, 0.29) is 43.7 Å². The molecule has 6 N–H and O–H groups in total. The van der Waals surface area contributed by atoms with E-state index in [0.29, 0.717) is 37.9 Å². The molecule has 0 radical (unpaired) electrons. The van der Waals surface area contributed by atoms with Crippen LogP contribution in [0.4, 0.5) is 10.5 Å². The summed E-state index contributed by atoms with van der Waals surface area (Å²) in [5.74, 6) is -1.92. The number of hydrogen-bond donors (Lipinski definition) is 5. The summed E-state index contributed by atoms with van der Waals surface area (Å²) >= 11 is 0. The van der Waals surface area contributed by atoms with Gasteiger partial charge in [0.2, 0.25) is 17.7 Å². The maximum absolute atomic E-state index is 12.9. The molecule has 0 spiro atoms. The van der Waals surface area contributed by atoms with Gasteiger partial charge in [-0.15, -0.1) is 0 Å². The molecule has 0 aromatic heterocycles. The predicted molar refractivity (Wildman–Crippen MR) is 145 cm³/mol. The number of amides is 7. The number of unbranched alkanes of at least 4 members (excludes halogenated alkanes) is 2. The van der Waals surface area contributed by atoms with Gasteiger partial charge in [-0.3, -0.25) is 28.9 Å². The number of rotatable bonds is 17. The number of benzene rings is 1. The number of carbonyl (C=O) groups is 6. The zero-order valence-electron chi connectivity index (χ0n) is 22.3. The molecule has 39 heavy (non-hydrogen) atoms. The Balaban J connectivity index is 1.76. The highest BCUT2D eigenvalue weighted by molar-refractivity contribution is 6.12. The number of hydrogen-bond acceptors (Lipinski definition) is 6. The van der Waals surface area contributed by atoms with Crippen molar-refractivity contribution in [1.82, 2.24) is 20.9 Å². The molecule has 0 aliphatic carbocycles. The number of nitrogens with zero attached hydrogens (tertiary/aromatic N) is 1. The summed E-state index contributed by atoms with van der Waals surface area (Å²) in [5, 5.41) is 10.4. The van der Waals surface area contributed by atoms with Gasteiger partial charge in [0.1, 0.15) is 6.04 Å². The Kier molecular flexibility index (Phi) is 13.2. The molecule has 1 aromatic rings. The Morgan fingerprint density at radius 2 is 1.59 bits per heavy atom. The van der Waals surface area contributed by atoms with Crippen LogP contribution in [0.2, 0.25) is 0 Å². The lowest BCUT2D eigenvalue weighted by molar-refractivity contribution is -0.137. The highest BCUT2D eigenvalue weighted by Crippen LogP contribution is 2.12. The van der Waals surface area contributed by atoms with Crippen LogP contribution >= 0.6 is 0 Å². The molecule has 1 atom stereocenters. The lowest BCUT2D eigenvalue weighted by atomic mass is 10.1. The average Bonchev–Trinajstić information content (AvgIpc) is 3.22.